The molecule has 1 aromatic carbocycles. The highest BCUT2D eigenvalue weighted by Gasteiger charge is 2.32. The van der Waals surface area contributed by atoms with Crippen LogP contribution in [0, 0.1) is 6.92 Å². The van der Waals surface area contributed by atoms with Crippen LogP contribution in [0.4, 0.5) is 5.82 Å². The standard InChI is InChI=1S/C27H29N5O2S2/c1-19-10-11-23-28-24(30-15-13-29(2)14-16-30)21(25(33)32(23)18-19)17-22-26(34)31(27(35)36-22)12-6-9-20-7-4-3-5-8-20/h3-5,7-8,10-11,17-18H,6,9,12-16H2,1-2H3. The molecule has 2 aliphatic rings. The van der Waals surface area contributed by atoms with Crippen molar-refractivity contribution in [2.75, 3.05) is 44.7 Å². The van der Waals surface area contributed by atoms with E-state index in [1.54, 1.807) is 21.6 Å². The molecule has 0 N–H and O–H groups in total. The molecule has 0 atom stereocenters. The number of aryl methyl sites for hydroxylation is 2. The molecule has 36 heavy (non-hydrogen) atoms. The van der Waals surface area contributed by atoms with Crippen LogP contribution in [-0.2, 0) is 11.2 Å². The predicted molar refractivity (Wildman–Crippen MR) is 151 cm³/mol. The quantitative estimate of drug-likeness (QED) is 0.364. The molecule has 0 unspecified atom stereocenters. The summed E-state index contributed by atoms with van der Waals surface area (Å²) in [6.45, 7) is 5.81. The van der Waals surface area contributed by atoms with Gasteiger partial charge in [-0.1, -0.05) is 60.4 Å². The Morgan fingerprint density at radius 1 is 1.06 bits per heavy atom. The molecule has 3 aromatic rings. The predicted octanol–water partition coefficient (Wildman–Crippen LogP) is 3.59. The number of carbonyl (C=O) groups is 1. The zero-order valence-corrected chi connectivity index (χ0v) is 22.1. The van der Waals surface area contributed by atoms with Gasteiger partial charge >= 0.3 is 0 Å². The molecule has 5 rings (SSSR count). The van der Waals surface area contributed by atoms with Gasteiger partial charge in [0.05, 0.1) is 10.5 Å². The smallest absolute Gasteiger partial charge is 0.267 e. The Balaban J connectivity index is 1.46. The van der Waals surface area contributed by atoms with Crippen molar-refractivity contribution in [2.45, 2.75) is 19.8 Å². The zero-order chi connectivity index (χ0) is 25.2. The van der Waals surface area contributed by atoms with Crippen LogP contribution in [0.25, 0.3) is 11.7 Å². The fraction of sp³-hybridized carbons (Fsp3) is 0.333. The first-order valence-electron chi connectivity index (χ1n) is 12.2. The van der Waals surface area contributed by atoms with Gasteiger partial charge in [-0.2, -0.15) is 0 Å². The Morgan fingerprint density at radius 2 is 1.81 bits per heavy atom. The lowest BCUT2D eigenvalue weighted by atomic mass is 10.1. The number of thioether (sulfide) groups is 1. The molecule has 7 nitrogen and oxygen atoms in total. The highest BCUT2D eigenvalue weighted by molar-refractivity contribution is 8.26. The largest absolute Gasteiger partial charge is 0.353 e. The number of thiocarbonyl (C=S) groups is 1. The van der Waals surface area contributed by atoms with E-state index in [1.165, 1.54) is 17.3 Å². The molecule has 0 bridgehead atoms. The van der Waals surface area contributed by atoms with Crippen LogP contribution in [0.3, 0.4) is 0 Å². The minimum atomic E-state index is -0.174. The average Bonchev–Trinajstić information content (AvgIpc) is 3.14. The van der Waals surface area contributed by atoms with Crippen LogP contribution in [-0.4, -0.2) is 69.2 Å². The molecular weight excluding hydrogens is 490 g/mol. The molecule has 2 aromatic heterocycles. The first kappa shape index (κ1) is 24.7. The number of hydrogen-bond donors (Lipinski definition) is 0. The molecule has 0 saturated carbocycles. The van der Waals surface area contributed by atoms with Crippen LogP contribution < -0.4 is 10.5 Å². The second kappa shape index (κ2) is 10.5. The van der Waals surface area contributed by atoms with Gasteiger partial charge in [-0.3, -0.25) is 18.9 Å². The first-order valence-corrected chi connectivity index (χ1v) is 13.4. The maximum Gasteiger partial charge on any atom is 0.267 e. The number of anilines is 1. The van der Waals surface area contributed by atoms with Crippen LogP contribution in [0.2, 0.25) is 0 Å². The van der Waals surface area contributed by atoms with Crippen molar-refractivity contribution < 1.29 is 4.79 Å². The minimum absolute atomic E-state index is 0.142. The van der Waals surface area contributed by atoms with E-state index in [-0.39, 0.29) is 11.5 Å². The number of piperazine rings is 1. The normalized spacial score (nSPS) is 18.1. The number of rotatable bonds is 6. The molecule has 2 fully saturated rings. The number of hydrogen-bond acceptors (Lipinski definition) is 7. The van der Waals surface area contributed by atoms with Crippen LogP contribution in [0.1, 0.15) is 23.1 Å². The molecule has 1 amide bonds. The van der Waals surface area contributed by atoms with Crippen molar-refractivity contribution in [3.63, 3.8) is 0 Å². The molecule has 0 spiro atoms. The number of benzene rings is 1. The average molecular weight is 520 g/mol. The molecule has 4 heterocycles. The van der Waals surface area contributed by atoms with E-state index in [9.17, 15) is 9.59 Å². The second-order valence-electron chi connectivity index (χ2n) is 9.30. The number of carbonyl (C=O) groups excluding carboxylic acids is 1. The first-order chi connectivity index (χ1) is 17.4. The van der Waals surface area contributed by atoms with Gasteiger partial charge < -0.3 is 9.80 Å². The van der Waals surface area contributed by atoms with Gasteiger partial charge in [-0.05, 0) is 50.1 Å². The minimum Gasteiger partial charge on any atom is -0.353 e. The summed E-state index contributed by atoms with van der Waals surface area (Å²) in [5.41, 5.74) is 3.07. The summed E-state index contributed by atoms with van der Waals surface area (Å²) in [5, 5.41) is 0. The van der Waals surface area contributed by atoms with Crippen molar-refractivity contribution >= 4 is 51.7 Å². The molecule has 2 saturated heterocycles. The van der Waals surface area contributed by atoms with Gasteiger partial charge in [0.2, 0.25) is 0 Å². The summed E-state index contributed by atoms with van der Waals surface area (Å²) in [6.07, 6.45) is 5.19. The molecule has 186 valence electrons. The van der Waals surface area contributed by atoms with E-state index in [4.69, 9.17) is 17.2 Å². The van der Waals surface area contributed by atoms with Gasteiger partial charge in [-0.25, -0.2) is 4.98 Å². The lowest BCUT2D eigenvalue weighted by Gasteiger charge is -2.34. The lowest BCUT2D eigenvalue weighted by Crippen LogP contribution is -2.45. The summed E-state index contributed by atoms with van der Waals surface area (Å²) >= 11 is 6.81. The number of fused-ring (bicyclic) bond motifs is 1. The zero-order valence-electron chi connectivity index (χ0n) is 20.5. The van der Waals surface area contributed by atoms with E-state index >= 15 is 0 Å². The molecule has 2 aliphatic heterocycles. The van der Waals surface area contributed by atoms with Crippen LogP contribution in [0.5, 0.6) is 0 Å². The van der Waals surface area contributed by atoms with Crippen molar-refractivity contribution in [3.05, 3.63) is 80.6 Å². The monoisotopic (exact) mass is 519 g/mol. The van der Waals surface area contributed by atoms with Crippen molar-refractivity contribution in [1.82, 2.24) is 19.2 Å². The summed E-state index contributed by atoms with van der Waals surface area (Å²) < 4.78 is 2.10. The lowest BCUT2D eigenvalue weighted by molar-refractivity contribution is -0.122. The third-order valence-electron chi connectivity index (χ3n) is 6.63. The van der Waals surface area contributed by atoms with E-state index in [0.29, 0.717) is 32.8 Å². The highest BCUT2D eigenvalue weighted by Crippen LogP contribution is 2.34. The number of aromatic nitrogens is 2. The van der Waals surface area contributed by atoms with Crippen molar-refractivity contribution in [2.24, 2.45) is 0 Å². The molecule has 0 aliphatic carbocycles. The van der Waals surface area contributed by atoms with Gasteiger partial charge in [0.25, 0.3) is 11.5 Å². The fourth-order valence-corrected chi connectivity index (χ4v) is 5.83. The SMILES string of the molecule is Cc1ccc2nc(N3CCN(C)CC3)c(C=C3SC(=S)N(CCCc4ccccc4)C3=O)c(=O)n2c1. The third kappa shape index (κ3) is 5.09. The molecule has 0 radical (unpaired) electrons. The molecular formula is C27H29N5O2S2. The maximum atomic E-state index is 13.7. The summed E-state index contributed by atoms with van der Waals surface area (Å²) in [5.74, 6) is 0.488. The number of nitrogens with zero attached hydrogens (tertiary/aromatic N) is 5. The van der Waals surface area contributed by atoms with Crippen molar-refractivity contribution in [1.29, 1.82) is 0 Å². The van der Waals surface area contributed by atoms with E-state index in [2.05, 4.69) is 29.0 Å². The summed E-state index contributed by atoms with van der Waals surface area (Å²) in [7, 11) is 2.09. The van der Waals surface area contributed by atoms with Gasteiger partial charge in [0.15, 0.2) is 0 Å². The topological polar surface area (TPSA) is 61.2 Å². The highest BCUT2D eigenvalue weighted by atomic mass is 32.2. The number of amides is 1. The summed E-state index contributed by atoms with van der Waals surface area (Å²) in [4.78, 5) is 38.4. The number of likely N-dealkylation sites (N-methyl/N-ethyl adjacent to an activating group) is 1. The Bertz CT molecular complexity index is 1390. The molecule has 9 heteroatoms. The van der Waals surface area contributed by atoms with E-state index < -0.39 is 0 Å². The van der Waals surface area contributed by atoms with Gasteiger partial charge in [0.1, 0.15) is 15.8 Å². The van der Waals surface area contributed by atoms with E-state index in [1.807, 2.05) is 37.3 Å². The fourth-order valence-electron chi connectivity index (χ4n) is 4.54. The van der Waals surface area contributed by atoms with Gasteiger partial charge in [-0.15, -0.1) is 0 Å². The summed E-state index contributed by atoms with van der Waals surface area (Å²) in [6, 6.07) is 14.0. The Kier molecular flexibility index (Phi) is 7.22. The van der Waals surface area contributed by atoms with E-state index in [0.717, 1.165) is 44.6 Å². The number of pyridine rings is 1. The van der Waals surface area contributed by atoms with Crippen molar-refractivity contribution in [3.8, 4) is 0 Å². The Hall–Kier alpha value is -3.01. The second-order valence-corrected chi connectivity index (χ2v) is 11.0. The Morgan fingerprint density at radius 3 is 2.56 bits per heavy atom. The van der Waals surface area contributed by atoms with Crippen LogP contribution in [0.15, 0.2) is 58.4 Å². The van der Waals surface area contributed by atoms with Gasteiger partial charge in [0, 0.05) is 38.9 Å². The third-order valence-corrected chi connectivity index (χ3v) is 8.01. The maximum absolute atomic E-state index is 13.7. The Labute approximate surface area is 220 Å². The van der Waals surface area contributed by atoms with Crippen LogP contribution >= 0.6 is 24.0 Å².